The fourth-order valence-corrected chi connectivity index (χ4v) is 3.20. The molecule has 1 atom stereocenters. The molecular formula is C17H25Cl2N3O3. The summed E-state index contributed by atoms with van der Waals surface area (Å²) in [6.07, 6.45) is 1.71. The third-order valence-electron chi connectivity index (χ3n) is 4.57. The minimum Gasteiger partial charge on any atom is -0.480 e. The van der Waals surface area contributed by atoms with Gasteiger partial charge in [0, 0.05) is 19.1 Å². The molecule has 1 unspecified atom stereocenters. The van der Waals surface area contributed by atoms with Gasteiger partial charge in [-0.05, 0) is 38.9 Å². The highest BCUT2D eigenvalue weighted by Gasteiger charge is 2.28. The number of carbonyl (C=O) groups excluding carboxylic acids is 1. The summed E-state index contributed by atoms with van der Waals surface area (Å²) in [5, 5.41) is 12.3. The lowest BCUT2D eigenvalue weighted by molar-refractivity contribution is -0.138. The first-order valence-electron chi connectivity index (χ1n) is 8.10. The molecule has 0 bridgehead atoms. The largest absolute Gasteiger partial charge is 0.480 e. The number of nitrogens with one attached hydrogen (secondary N) is 1. The number of likely N-dealkylation sites (N-methyl/N-ethyl adjacent to an activating group) is 1. The molecule has 0 radical (unpaired) electrons. The number of piperidine rings is 1. The van der Waals surface area contributed by atoms with Crippen molar-refractivity contribution in [1.29, 1.82) is 0 Å². The third-order valence-corrected chi connectivity index (χ3v) is 4.90. The molecular weight excluding hydrogens is 365 g/mol. The van der Waals surface area contributed by atoms with Crippen LogP contribution in [-0.4, -0.2) is 65.5 Å². The fourth-order valence-electron chi connectivity index (χ4n) is 3.02. The average Bonchev–Trinajstić information content (AvgIpc) is 2.55. The Morgan fingerprint density at radius 2 is 1.96 bits per heavy atom. The van der Waals surface area contributed by atoms with E-state index in [2.05, 4.69) is 10.2 Å². The van der Waals surface area contributed by atoms with Crippen LogP contribution in [0.25, 0.3) is 0 Å². The minimum atomic E-state index is -0.813. The molecule has 0 aromatic heterocycles. The average molecular weight is 390 g/mol. The summed E-state index contributed by atoms with van der Waals surface area (Å²) < 4.78 is 0. The lowest BCUT2D eigenvalue weighted by atomic mass is 10.0. The second-order valence-corrected chi connectivity index (χ2v) is 6.63. The normalized spacial score (nSPS) is 17.0. The van der Waals surface area contributed by atoms with Crippen molar-refractivity contribution in [2.45, 2.75) is 31.8 Å². The van der Waals surface area contributed by atoms with Crippen molar-refractivity contribution < 1.29 is 14.7 Å². The minimum absolute atomic E-state index is 0. The SMILES string of the molecule is CC(C(=O)Nc1ccccc1Cl)N1CCC(N(C)CC(=O)O)CC1.Cl. The number of likely N-dealkylation sites (tertiary alicyclic amines) is 1. The van der Waals surface area contributed by atoms with E-state index in [0.717, 1.165) is 25.9 Å². The van der Waals surface area contributed by atoms with E-state index in [-0.39, 0.29) is 36.9 Å². The lowest BCUT2D eigenvalue weighted by Gasteiger charge is -2.38. The van der Waals surface area contributed by atoms with Gasteiger partial charge in [0.05, 0.1) is 23.3 Å². The summed E-state index contributed by atoms with van der Waals surface area (Å²) in [5.74, 6) is -0.896. The number of rotatable bonds is 6. The quantitative estimate of drug-likeness (QED) is 0.781. The number of halogens is 2. The molecule has 1 heterocycles. The number of hydrogen-bond acceptors (Lipinski definition) is 4. The molecule has 0 aliphatic carbocycles. The standard InChI is InChI=1S/C17H24ClN3O3.ClH/c1-12(17(24)19-15-6-4-3-5-14(15)18)21-9-7-13(8-10-21)20(2)11-16(22)23;/h3-6,12-13H,7-11H2,1-2H3,(H,19,24)(H,22,23);1H. The van der Waals surface area contributed by atoms with Gasteiger partial charge in [0.2, 0.25) is 5.91 Å². The number of anilines is 1. The maximum atomic E-state index is 12.4. The first-order valence-corrected chi connectivity index (χ1v) is 8.47. The Balaban J connectivity index is 0.00000312. The first-order chi connectivity index (χ1) is 11.4. The number of benzene rings is 1. The Bertz CT molecular complexity index is 592. The van der Waals surface area contributed by atoms with Crippen molar-refractivity contribution in [3.8, 4) is 0 Å². The number of aliphatic carboxylic acids is 1. The maximum absolute atomic E-state index is 12.4. The number of carbonyl (C=O) groups is 2. The van der Waals surface area contributed by atoms with Crippen LogP contribution in [0, 0.1) is 0 Å². The Labute approximate surface area is 159 Å². The van der Waals surface area contributed by atoms with E-state index in [0.29, 0.717) is 10.7 Å². The highest BCUT2D eigenvalue weighted by atomic mass is 35.5. The van der Waals surface area contributed by atoms with E-state index in [4.69, 9.17) is 16.7 Å². The van der Waals surface area contributed by atoms with Crippen molar-refractivity contribution >= 4 is 41.6 Å². The fraction of sp³-hybridized carbons (Fsp3) is 0.529. The van der Waals surface area contributed by atoms with E-state index in [1.807, 2.05) is 31.0 Å². The lowest BCUT2D eigenvalue weighted by Crippen LogP contribution is -2.50. The van der Waals surface area contributed by atoms with Crippen LogP contribution in [0.15, 0.2) is 24.3 Å². The molecule has 8 heteroatoms. The second kappa shape index (κ2) is 9.97. The van der Waals surface area contributed by atoms with Crippen LogP contribution in [0.5, 0.6) is 0 Å². The molecule has 2 N–H and O–H groups in total. The van der Waals surface area contributed by atoms with E-state index in [9.17, 15) is 9.59 Å². The van der Waals surface area contributed by atoms with Crippen molar-refractivity contribution in [3.63, 3.8) is 0 Å². The molecule has 1 aromatic carbocycles. The molecule has 1 saturated heterocycles. The zero-order valence-corrected chi connectivity index (χ0v) is 16.0. The van der Waals surface area contributed by atoms with Crippen LogP contribution in [0.1, 0.15) is 19.8 Å². The van der Waals surface area contributed by atoms with Gasteiger partial charge in [-0.2, -0.15) is 0 Å². The van der Waals surface area contributed by atoms with Gasteiger partial charge in [-0.1, -0.05) is 23.7 Å². The van der Waals surface area contributed by atoms with Crippen molar-refractivity contribution in [3.05, 3.63) is 29.3 Å². The Morgan fingerprint density at radius 1 is 1.36 bits per heavy atom. The van der Waals surface area contributed by atoms with Crippen LogP contribution < -0.4 is 5.32 Å². The van der Waals surface area contributed by atoms with Gasteiger partial charge in [0.15, 0.2) is 0 Å². The van der Waals surface area contributed by atoms with Crippen LogP contribution >= 0.6 is 24.0 Å². The van der Waals surface area contributed by atoms with Gasteiger partial charge in [0.25, 0.3) is 0 Å². The van der Waals surface area contributed by atoms with Gasteiger partial charge in [-0.3, -0.25) is 19.4 Å². The predicted molar refractivity (Wildman–Crippen MR) is 102 cm³/mol. The highest BCUT2D eigenvalue weighted by Crippen LogP contribution is 2.22. The van der Waals surface area contributed by atoms with E-state index in [1.54, 1.807) is 12.1 Å². The van der Waals surface area contributed by atoms with Crippen LogP contribution in [0.3, 0.4) is 0 Å². The number of para-hydroxylation sites is 1. The summed E-state index contributed by atoms with van der Waals surface area (Å²) >= 11 is 6.07. The first kappa shape index (κ1) is 21.7. The van der Waals surface area contributed by atoms with Gasteiger partial charge in [0.1, 0.15) is 0 Å². The van der Waals surface area contributed by atoms with Crippen LogP contribution in [0.2, 0.25) is 5.02 Å². The predicted octanol–water partition coefficient (Wildman–Crippen LogP) is 2.57. The van der Waals surface area contributed by atoms with E-state index < -0.39 is 5.97 Å². The Kier molecular flexibility index (Phi) is 8.65. The molecule has 0 spiro atoms. The summed E-state index contributed by atoms with van der Waals surface area (Å²) in [6, 6.07) is 7.16. The van der Waals surface area contributed by atoms with Gasteiger partial charge in [-0.25, -0.2) is 0 Å². The number of carboxylic acids is 1. The Hall–Kier alpha value is -1.34. The molecule has 1 aromatic rings. The highest BCUT2D eigenvalue weighted by molar-refractivity contribution is 6.33. The monoisotopic (exact) mass is 389 g/mol. The Morgan fingerprint density at radius 3 is 2.52 bits per heavy atom. The van der Waals surface area contributed by atoms with Crippen molar-refractivity contribution in [2.24, 2.45) is 0 Å². The molecule has 25 heavy (non-hydrogen) atoms. The van der Waals surface area contributed by atoms with E-state index >= 15 is 0 Å². The van der Waals surface area contributed by atoms with Crippen molar-refractivity contribution in [1.82, 2.24) is 9.80 Å². The molecule has 1 aliphatic heterocycles. The zero-order valence-electron chi connectivity index (χ0n) is 14.4. The number of hydrogen-bond donors (Lipinski definition) is 2. The maximum Gasteiger partial charge on any atom is 0.317 e. The number of amides is 1. The number of carboxylic acid groups (broad SMARTS) is 1. The molecule has 2 rings (SSSR count). The summed E-state index contributed by atoms with van der Waals surface area (Å²) in [5.41, 5.74) is 0.618. The van der Waals surface area contributed by atoms with Gasteiger partial charge in [-0.15, -0.1) is 12.4 Å². The summed E-state index contributed by atoms with van der Waals surface area (Å²) in [6.45, 7) is 3.47. The van der Waals surface area contributed by atoms with E-state index in [1.165, 1.54) is 0 Å². The molecule has 0 saturated carbocycles. The molecule has 1 amide bonds. The zero-order chi connectivity index (χ0) is 17.7. The third kappa shape index (κ3) is 6.15. The van der Waals surface area contributed by atoms with Gasteiger partial charge < -0.3 is 10.4 Å². The number of nitrogens with zero attached hydrogens (tertiary/aromatic N) is 2. The summed E-state index contributed by atoms with van der Waals surface area (Å²) in [4.78, 5) is 27.2. The molecule has 1 aliphatic rings. The molecule has 6 nitrogen and oxygen atoms in total. The van der Waals surface area contributed by atoms with Crippen LogP contribution in [0.4, 0.5) is 5.69 Å². The topological polar surface area (TPSA) is 72.9 Å². The molecule has 140 valence electrons. The van der Waals surface area contributed by atoms with Crippen molar-refractivity contribution in [2.75, 3.05) is 32.0 Å². The smallest absolute Gasteiger partial charge is 0.317 e. The van der Waals surface area contributed by atoms with Gasteiger partial charge >= 0.3 is 5.97 Å². The molecule has 1 fully saturated rings. The second-order valence-electron chi connectivity index (χ2n) is 6.22. The summed E-state index contributed by atoms with van der Waals surface area (Å²) in [7, 11) is 1.84. The van der Waals surface area contributed by atoms with Crippen LogP contribution in [-0.2, 0) is 9.59 Å².